The number of rotatable bonds is 6. The molecule has 1 aromatic rings. The molecule has 0 fully saturated rings. The fourth-order valence-corrected chi connectivity index (χ4v) is 1.79. The first-order valence-electron chi connectivity index (χ1n) is 5.32. The monoisotopic (exact) mass is 346 g/mol. The van der Waals surface area contributed by atoms with Crippen LogP contribution in [0, 0.1) is 3.57 Å². The van der Waals surface area contributed by atoms with Gasteiger partial charge in [-0.15, -0.1) is 0 Å². The molecule has 0 aliphatic heterocycles. The molecule has 1 rings (SSSR count). The third-order valence-corrected chi connectivity index (χ3v) is 3.08. The Bertz CT molecular complexity index is 403. The SMILES string of the molecule is CCN(CC(N)=O)CC(=O)c1ccc(I)cc1. The molecule has 0 saturated heterocycles. The maximum Gasteiger partial charge on any atom is 0.231 e. The lowest BCUT2D eigenvalue weighted by Gasteiger charge is -2.17. The fourth-order valence-electron chi connectivity index (χ4n) is 1.43. The lowest BCUT2D eigenvalue weighted by molar-refractivity contribution is -0.118. The quantitative estimate of drug-likeness (QED) is 0.624. The minimum absolute atomic E-state index is 0.00417. The number of benzene rings is 1. The summed E-state index contributed by atoms with van der Waals surface area (Å²) in [6, 6.07) is 7.36. The van der Waals surface area contributed by atoms with Crippen LogP contribution in [0.4, 0.5) is 0 Å². The minimum atomic E-state index is -0.415. The van der Waals surface area contributed by atoms with E-state index in [1.54, 1.807) is 17.0 Å². The second-order valence-corrected chi connectivity index (χ2v) is 4.95. The van der Waals surface area contributed by atoms with E-state index in [0.717, 1.165) is 3.57 Å². The molecule has 0 bridgehead atoms. The largest absolute Gasteiger partial charge is 0.369 e. The van der Waals surface area contributed by atoms with Gasteiger partial charge in [-0.2, -0.15) is 0 Å². The number of carbonyl (C=O) groups is 2. The molecule has 2 N–H and O–H groups in total. The number of amides is 1. The van der Waals surface area contributed by atoms with E-state index in [0.29, 0.717) is 12.1 Å². The Morgan fingerprint density at radius 3 is 2.29 bits per heavy atom. The maximum atomic E-state index is 11.9. The summed E-state index contributed by atoms with van der Waals surface area (Å²) in [7, 11) is 0. The number of ketones is 1. The first-order chi connectivity index (χ1) is 8.02. The summed E-state index contributed by atoms with van der Waals surface area (Å²) in [5.74, 6) is -0.410. The number of nitrogens with zero attached hydrogens (tertiary/aromatic N) is 1. The number of Topliss-reactive ketones (excluding diaryl/α,β-unsaturated/α-hetero) is 1. The van der Waals surface area contributed by atoms with Crippen LogP contribution in [-0.2, 0) is 4.79 Å². The standard InChI is InChI=1S/C12H15IN2O2/c1-2-15(8-12(14)17)7-11(16)9-3-5-10(13)6-4-9/h3-6H,2,7-8H2,1H3,(H2,14,17). The Balaban J connectivity index is 2.64. The molecule has 0 unspecified atom stereocenters. The highest BCUT2D eigenvalue weighted by molar-refractivity contribution is 14.1. The zero-order chi connectivity index (χ0) is 12.8. The molecule has 0 spiro atoms. The van der Waals surface area contributed by atoms with Gasteiger partial charge in [-0.1, -0.05) is 19.1 Å². The molecule has 0 radical (unpaired) electrons. The minimum Gasteiger partial charge on any atom is -0.369 e. The molecule has 0 aliphatic carbocycles. The molecule has 0 aliphatic rings. The predicted octanol–water partition coefficient (Wildman–Crippen LogP) is 1.28. The van der Waals surface area contributed by atoms with Crippen LogP contribution in [-0.4, -0.2) is 36.2 Å². The Labute approximate surface area is 114 Å². The van der Waals surface area contributed by atoms with E-state index >= 15 is 0 Å². The normalized spacial score (nSPS) is 10.5. The fraction of sp³-hybridized carbons (Fsp3) is 0.333. The van der Waals surface area contributed by atoms with Gasteiger partial charge >= 0.3 is 0 Å². The highest BCUT2D eigenvalue weighted by Gasteiger charge is 2.12. The van der Waals surface area contributed by atoms with E-state index < -0.39 is 5.91 Å². The van der Waals surface area contributed by atoms with Crippen molar-refractivity contribution in [1.29, 1.82) is 0 Å². The van der Waals surface area contributed by atoms with E-state index in [9.17, 15) is 9.59 Å². The van der Waals surface area contributed by atoms with E-state index in [2.05, 4.69) is 22.6 Å². The van der Waals surface area contributed by atoms with Crippen LogP contribution in [0.2, 0.25) is 0 Å². The van der Waals surface area contributed by atoms with Crippen molar-refractivity contribution in [3.8, 4) is 0 Å². The van der Waals surface area contributed by atoms with E-state index in [-0.39, 0.29) is 18.9 Å². The topological polar surface area (TPSA) is 63.4 Å². The van der Waals surface area contributed by atoms with Crippen molar-refractivity contribution in [3.63, 3.8) is 0 Å². The summed E-state index contributed by atoms with van der Waals surface area (Å²) in [4.78, 5) is 24.4. The van der Waals surface area contributed by atoms with Gasteiger partial charge in [-0.3, -0.25) is 14.5 Å². The predicted molar refractivity (Wildman–Crippen MR) is 74.8 cm³/mol. The highest BCUT2D eigenvalue weighted by atomic mass is 127. The molecule has 0 saturated carbocycles. The molecule has 92 valence electrons. The summed E-state index contributed by atoms with van der Waals surface area (Å²) in [6.45, 7) is 2.86. The van der Waals surface area contributed by atoms with Gasteiger partial charge in [0.25, 0.3) is 0 Å². The summed E-state index contributed by atoms with van der Waals surface area (Å²) >= 11 is 2.19. The number of likely N-dealkylation sites (N-methyl/N-ethyl adjacent to an activating group) is 1. The molecule has 0 atom stereocenters. The molecule has 5 heteroatoms. The summed E-state index contributed by atoms with van der Waals surface area (Å²) < 4.78 is 1.09. The van der Waals surface area contributed by atoms with Crippen LogP contribution in [0.3, 0.4) is 0 Å². The Morgan fingerprint density at radius 1 is 1.24 bits per heavy atom. The lowest BCUT2D eigenvalue weighted by atomic mass is 10.1. The van der Waals surface area contributed by atoms with Gasteiger partial charge in [-0.25, -0.2) is 0 Å². The summed E-state index contributed by atoms with van der Waals surface area (Å²) in [5.41, 5.74) is 5.77. The third kappa shape index (κ3) is 4.82. The van der Waals surface area contributed by atoms with Gasteiger partial charge < -0.3 is 5.73 Å². The highest BCUT2D eigenvalue weighted by Crippen LogP contribution is 2.08. The third-order valence-electron chi connectivity index (χ3n) is 2.36. The lowest BCUT2D eigenvalue weighted by Crippen LogP contribution is -2.37. The molecule has 4 nitrogen and oxygen atoms in total. The Morgan fingerprint density at radius 2 is 1.82 bits per heavy atom. The summed E-state index contributed by atoms with van der Waals surface area (Å²) in [5, 5.41) is 0. The first kappa shape index (κ1) is 14.1. The van der Waals surface area contributed by atoms with Crippen LogP contribution in [0.5, 0.6) is 0 Å². The van der Waals surface area contributed by atoms with Crippen molar-refractivity contribution < 1.29 is 9.59 Å². The zero-order valence-corrected chi connectivity index (χ0v) is 11.8. The summed E-state index contributed by atoms with van der Waals surface area (Å²) in [6.07, 6.45) is 0. The average molecular weight is 346 g/mol. The maximum absolute atomic E-state index is 11.9. The van der Waals surface area contributed by atoms with Crippen molar-refractivity contribution in [2.45, 2.75) is 6.92 Å². The number of halogens is 1. The first-order valence-corrected chi connectivity index (χ1v) is 6.40. The number of nitrogens with two attached hydrogens (primary N) is 1. The van der Waals surface area contributed by atoms with Gasteiger partial charge in [0, 0.05) is 9.13 Å². The van der Waals surface area contributed by atoms with Crippen molar-refractivity contribution >= 4 is 34.3 Å². The van der Waals surface area contributed by atoms with Crippen LogP contribution in [0.25, 0.3) is 0 Å². The zero-order valence-electron chi connectivity index (χ0n) is 9.65. The number of hydrogen-bond donors (Lipinski definition) is 1. The molecular formula is C12H15IN2O2. The van der Waals surface area contributed by atoms with Crippen molar-refractivity contribution in [2.24, 2.45) is 5.73 Å². The van der Waals surface area contributed by atoms with E-state index in [1.165, 1.54) is 0 Å². The average Bonchev–Trinajstić information content (AvgIpc) is 2.28. The van der Waals surface area contributed by atoms with Gasteiger partial charge in [0.1, 0.15) is 0 Å². The Kier molecular flexibility index (Phi) is 5.57. The van der Waals surface area contributed by atoms with Crippen LogP contribution in [0.1, 0.15) is 17.3 Å². The van der Waals surface area contributed by atoms with E-state index in [1.807, 2.05) is 19.1 Å². The van der Waals surface area contributed by atoms with Crippen LogP contribution >= 0.6 is 22.6 Å². The number of carbonyl (C=O) groups excluding carboxylic acids is 2. The molecule has 1 amide bonds. The smallest absolute Gasteiger partial charge is 0.231 e. The van der Waals surface area contributed by atoms with Crippen molar-refractivity contribution in [3.05, 3.63) is 33.4 Å². The molecule has 0 aromatic heterocycles. The molecule has 1 aromatic carbocycles. The van der Waals surface area contributed by atoms with Gasteiger partial charge in [0.05, 0.1) is 13.1 Å². The van der Waals surface area contributed by atoms with E-state index in [4.69, 9.17) is 5.73 Å². The van der Waals surface area contributed by atoms with Gasteiger partial charge in [0.2, 0.25) is 5.91 Å². The molecular weight excluding hydrogens is 331 g/mol. The van der Waals surface area contributed by atoms with Gasteiger partial charge in [0.15, 0.2) is 5.78 Å². The van der Waals surface area contributed by atoms with Crippen LogP contribution < -0.4 is 5.73 Å². The number of hydrogen-bond acceptors (Lipinski definition) is 3. The van der Waals surface area contributed by atoms with Crippen molar-refractivity contribution in [1.82, 2.24) is 4.90 Å². The second-order valence-electron chi connectivity index (χ2n) is 3.70. The number of primary amides is 1. The Hall–Kier alpha value is -0.950. The van der Waals surface area contributed by atoms with Crippen molar-refractivity contribution in [2.75, 3.05) is 19.6 Å². The van der Waals surface area contributed by atoms with Crippen LogP contribution in [0.15, 0.2) is 24.3 Å². The second kappa shape index (κ2) is 6.70. The molecule has 0 heterocycles. The van der Waals surface area contributed by atoms with Gasteiger partial charge in [-0.05, 0) is 41.3 Å². The molecule has 17 heavy (non-hydrogen) atoms.